The number of fused-ring (bicyclic) bond motifs is 2. The van der Waals surface area contributed by atoms with Gasteiger partial charge in [-0.05, 0) is 91.0 Å². The third-order valence-electron chi connectivity index (χ3n) is 11.4. The van der Waals surface area contributed by atoms with Crippen LogP contribution in [0.3, 0.4) is 0 Å². The number of anilines is 4. The van der Waals surface area contributed by atoms with Crippen LogP contribution in [-0.2, 0) is 50.1 Å². The predicted octanol–water partition coefficient (Wildman–Crippen LogP) is 4.04. The molecule has 0 bridgehead atoms. The Balaban J connectivity index is 0.000000166. The fraction of sp³-hybridized carbons (Fsp3) is 0.400. The normalized spacial score (nSPS) is 18.6. The van der Waals surface area contributed by atoms with E-state index in [1.807, 2.05) is 0 Å². The van der Waals surface area contributed by atoms with Crippen LogP contribution in [0, 0.1) is 29.2 Å². The average Bonchev–Trinajstić information content (AvgIpc) is 4.11. The fourth-order valence-electron chi connectivity index (χ4n) is 8.41. The second-order valence-electron chi connectivity index (χ2n) is 16.4. The highest BCUT2D eigenvalue weighted by Crippen LogP contribution is 2.31. The SMILES string of the molecule is CS(=O)(=O)OC1CCN(c2nnc(-c3cnc(NC4Cc5cc(F)c(F)cc5C4)nc3)o2)C1.O=S(=O)(O)CC1CCN(c2nnc(-c3cnc(NC4Cc5cc(F)c(F)cc5C4)nc3)o2)C1. The van der Waals surface area contributed by atoms with Crippen LogP contribution in [0.1, 0.15) is 35.1 Å². The second kappa shape index (κ2) is 18.1. The minimum Gasteiger partial charge on any atom is -0.403 e. The standard InChI is InChI=1S/2C20H20F2N6O4S/c1-33(29,30)32-15-2-3-28(10-15)20-27-26-18(31-20)13-8-23-19(24-9-13)25-14-4-11-6-16(21)17(22)7-12(11)5-14;21-16-5-12-3-15(4-13(12)6-17(16)22)25-19-23-7-14(8-24-19)18-26-27-20(32-18)28-2-1-11(9-28)10-33(29,30)31/h6-9,14-15H,2-5,10H2,1H3,(H,23,24,25);5-8,11,15H,1-4,9-10H2,(H,23,24,25)(H,29,30,31). The fourth-order valence-corrected chi connectivity index (χ4v) is 9.93. The van der Waals surface area contributed by atoms with Gasteiger partial charge in [-0.15, -0.1) is 10.2 Å². The first kappa shape index (κ1) is 44.8. The lowest BCUT2D eigenvalue weighted by molar-refractivity contribution is 0.234. The molecule has 0 radical (unpaired) electrons. The van der Waals surface area contributed by atoms with Crippen molar-refractivity contribution in [3.63, 3.8) is 0 Å². The number of hydrogen-bond acceptors (Lipinski definition) is 19. The summed E-state index contributed by atoms with van der Waals surface area (Å²) in [5.41, 5.74) is 4.09. The Morgan fingerprint density at radius 1 is 0.652 bits per heavy atom. The minimum atomic E-state index is -4.03. The van der Waals surface area contributed by atoms with E-state index in [4.69, 9.17) is 17.6 Å². The van der Waals surface area contributed by atoms with Crippen LogP contribution < -0.4 is 20.4 Å². The van der Waals surface area contributed by atoms with Crippen molar-refractivity contribution in [2.24, 2.45) is 5.92 Å². The molecule has 3 N–H and O–H groups in total. The van der Waals surface area contributed by atoms with Crippen LogP contribution in [0.15, 0.2) is 57.9 Å². The number of halogens is 4. The van der Waals surface area contributed by atoms with Crippen molar-refractivity contribution in [2.45, 2.75) is 56.7 Å². The molecule has 0 saturated carbocycles. The number of nitrogens with one attached hydrogen (secondary N) is 2. The van der Waals surface area contributed by atoms with Crippen LogP contribution >= 0.6 is 0 Å². The van der Waals surface area contributed by atoms with Crippen molar-refractivity contribution in [3.05, 3.63) is 94.6 Å². The number of nitrogens with zero attached hydrogens (tertiary/aromatic N) is 10. The summed E-state index contributed by atoms with van der Waals surface area (Å²) in [4.78, 5) is 20.6. The van der Waals surface area contributed by atoms with E-state index in [1.165, 1.54) is 49.1 Å². The molecule has 2 atom stereocenters. The Bertz CT molecular complexity index is 2710. The Morgan fingerprint density at radius 2 is 1.06 bits per heavy atom. The molecule has 2 aliphatic heterocycles. The summed E-state index contributed by atoms with van der Waals surface area (Å²) in [6, 6.07) is 5.30. The van der Waals surface area contributed by atoms with Crippen molar-refractivity contribution in [3.8, 4) is 22.9 Å². The molecule has 20 nitrogen and oxygen atoms in total. The van der Waals surface area contributed by atoms with Gasteiger partial charge in [-0.1, -0.05) is 10.2 Å². The first-order valence-electron chi connectivity index (χ1n) is 20.6. The van der Waals surface area contributed by atoms with Crippen LogP contribution in [0.25, 0.3) is 22.9 Å². The number of benzene rings is 2. The summed E-state index contributed by atoms with van der Waals surface area (Å²) in [5, 5.41) is 22.4. The molecule has 2 unspecified atom stereocenters. The third kappa shape index (κ3) is 10.7. The van der Waals surface area contributed by atoms with E-state index in [1.54, 1.807) is 9.80 Å². The van der Waals surface area contributed by atoms with Gasteiger partial charge in [-0.3, -0.25) is 8.74 Å². The third-order valence-corrected chi connectivity index (χ3v) is 12.9. The largest absolute Gasteiger partial charge is 0.403 e. The average molecular weight is 957 g/mol. The van der Waals surface area contributed by atoms with Gasteiger partial charge in [0.25, 0.3) is 32.0 Å². The van der Waals surface area contributed by atoms with E-state index in [-0.39, 0.29) is 47.6 Å². The number of hydrogen-bond donors (Lipinski definition) is 3. The zero-order valence-corrected chi connectivity index (χ0v) is 36.4. The van der Waals surface area contributed by atoms with Gasteiger partial charge in [-0.25, -0.2) is 37.5 Å². The molecule has 0 amide bonds. The smallest absolute Gasteiger partial charge is 0.318 e. The Hall–Kier alpha value is -6.38. The molecule has 348 valence electrons. The Morgan fingerprint density at radius 3 is 1.47 bits per heavy atom. The van der Waals surface area contributed by atoms with Gasteiger partial charge in [-0.2, -0.15) is 16.8 Å². The van der Waals surface area contributed by atoms with Crippen LogP contribution in [0.4, 0.5) is 41.5 Å². The quantitative estimate of drug-likeness (QED) is 0.0888. The topological polar surface area (TPSA) is 258 Å². The molecular weight excluding hydrogens is 917 g/mol. The molecule has 4 aliphatic rings. The molecule has 66 heavy (non-hydrogen) atoms. The summed E-state index contributed by atoms with van der Waals surface area (Å²) in [6.45, 7) is 1.78. The van der Waals surface area contributed by atoms with E-state index in [0.29, 0.717) is 87.7 Å². The molecule has 6 heterocycles. The molecule has 0 spiro atoms. The lowest BCUT2D eigenvalue weighted by Crippen LogP contribution is -2.24. The van der Waals surface area contributed by atoms with Crippen molar-refractivity contribution >= 4 is 44.2 Å². The molecular formula is C40H40F4N12O8S2. The zero-order chi connectivity index (χ0) is 46.3. The van der Waals surface area contributed by atoms with Crippen LogP contribution in [0.2, 0.25) is 0 Å². The van der Waals surface area contributed by atoms with Gasteiger partial charge in [0, 0.05) is 56.5 Å². The van der Waals surface area contributed by atoms with Crippen molar-refractivity contribution in [1.29, 1.82) is 0 Å². The van der Waals surface area contributed by atoms with Crippen molar-refractivity contribution < 1.29 is 52.0 Å². The molecule has 26 heteroatoms. The van der Waals surface area contributed by atoms with Crippen molar-refractivity contribution in [1.82, 2.24) is 40.3 Å². The first-order valence-corrected chi connectivity index (χ1v) is 24.0. The number of rotatable bonds is 12. The lowest BCUT2D eigenvalue weighted by Gasteiger charge is -2.12. The van der Waals surface area contributed by atoms with E-state index in [9.17, 15) is 34.4 Å². The molecule has 2 fully saturated rings. The molecule has 2 saturated heterocycles. The number of aromatic nitrogens is 8. The molecule has 10 rings (SSSR count). The predicted molar refractivity (Wildman–Crippen MR) is 226 cm³/mol. The first-order chi connectivity index (χ1) is 31.5. The lowest BCUT2D eigenvalue weighted by atomic mass is 10.1. The monoisotopic (exact) mass is 956 g/mol. The molecule has 4 aromatic heterocycles. The van der Waals surface area contributed by atoms with E-state index < -0.39 is 49.6 Å². The van der Waals surface area contributed by atoms with Gasteiger partial charge in [0.15, 0.2) is 23.3 Å². The van der Waals surface area contributed by atoms with Gasteiger partial charge in [0.2, 0.25) is 11.9 Å². The summed E-state index contributed by atoms with van der Waals surface area (Å²) in [5.74, 6) is -2.72. The molecule has 2 aliphatic carbocycles. The van der Waals surface area contributed by atoms with Crippen LogP contribution in [-0.4, -0.2) is 118 Å². The Kier molecular flexibility index (Phi) is 12.3. The maximum Gasteiger partial charge on any atom is 0.318 e. The van der Waals surface area contributed by atoms with Gasteiger partial charge >= 0.3 is 12.0 Å². The van der Waals surface area contributed by atoms with E-state index in [2.05, 4.69) is 51.0 Å². The maximum atomic E-state index is 13.4. The minimum absolute atomic E-state index is 0.0701. The highest BCUT2D eigenvalue weighted by atomic mass is 32.2. The summed E-state index contributed by atoms with van der Waals surface area (Å²) < 4.78 is 124. The van der Waals surface area contributed by atoms with Gasteiger partial charge in [0.05, 0.1) is 35.8 Å². The van der Waals surface area contributed by atoms with Gasteiger partial charge < -0.3 is 29.3 Å². The van der Waals surface area contributed by atoms with Gasteiger partial charge in [0.1, 0.15) is 0 Å². The zero-order valence-electron chi connectivity index (χ0n) is 34.8. The maximum absolute atomic E-state index is 13.4. The highest BCUT2D eigenvalue weighted by molar-refractivity contribution is 7.86. The van der Waals surface area contributed by atoms with E-state index in [0.717, 1.165) is 28.5 Å². The summed E-state index contributed by atoms with van der Waals surface area (Å²) in [7, 11) is -7.56. The van der Waals surface area contributed by atoms with Crippen molar-refractivity contribution in [2.75, 3.05) is 58.6 Å². The molecule has 2 aromatic carbocycles. The second-order valence-corrected chi connectivity index (χ2v) is 19.5. The van der Waals surface area contributed by atoms with E-state index >= 15 is 0 Å². The molecule has 6 aromatic rings. The summed E-state index contributed by atoms with van der Waals surface area (Å²) >= 11 is 0. The Labute approximate surface area is 374 Å². The summed E-state index contributed by atoms with van der Waals surface area (Å²) in [6.07, 6.45) is 9.97. The van der Waals surface area contributed by atoms with Crippen LogP contribution in [0.5, 0.6) is 0 Å². The highest BCUT2D eigenvalue weighted by Gasteiger charge is 2.32.